The van der Waals surface area contributed by atoms with Crippen molar-refractivity contribution in [3.05, 3.63) is 34.9 Å². The monoisotopic (exact) mass is 279 g/mol. The zero-order chi connectivity index (χ0) is 13.8. The van der Waals surface area contributed by atoms with E-state index >= 15 is 0 Å². The molecule has 1 N–H and O–H groups in total. The molecule has 1 aromatic carbocycles. The van der Waals surface area contributed by atoms with Gasteiger partial charge in [0.25, 0.3) is 0 Å². The minimum absolute atomic E-state index is 0.0905. The molecule has 1 saturated heterocycles. The van der Waals surface area contributed by atoms with Crippen molar-refractivity contribution in [3.63, 3.8) is 0 Å². The molecule has 5 nitrogen and oxygen atoms in total. The van der Waals surface area contributed by atoms with Gasteiger partial charge < -0.3 is 14.8 Å². The first-order chi connectivity index (χ1) is 9.12. The van der Waals surface area contributed by atoms with Gasteiger partial charge in [-0.1, -0.05) is 11.8 Å². The summed E-state index contributed by atoms with van der Waals surface area (Å²) < 4.78 is 10.2. The molecule has 0 aromatic heterocycles. The number of methoxy groups -OCH3 is 2. The summed E-state index contributed by atoms with van der Waals surface area (Å²) in [6, 6.07) is 4.95. The van der Waals surface area contributed by atoms with Crippen molar-refractivity contribution >= 4 is 23.5 Å². The zero-order valence-corrected chi connectivity index (χ0v) is 11.4. The van der Waals surface area contributed by atoms with E-state index in [-0.39, 0.29) is 11.7 Å². The van der Waals surface area contributed by atoms with Crippen LogP contribution in [-0.2, 0) is 4.79 Å². The molecular formula is C13H13NO4S. The van der Waals surface area contributed by atoms with Crippen LogP contribution in [0.5, 0.6) is 11.5 Å². The van der Waals surface area contributed by atoms with Gasteiger partial charge >= 0.3 is 0 Å². The van der Waals surface area contributed by atoms with E-state index in [1.54, 1.807) is 18.2 Å². The Morgan fingerprint density at radius 3 is 2.37 bits per heavy atom. The molecule has 0 saturated carbocycles. The quantitative estimate of drug-likeness (QED) is 0.670. The van der Waals surface area contributed by atoms with Crippen molar-refractivity contribution in [1.29, 1.82) is 0 Å². The maximum absolute atomic E-state index is 12.1. The van der Waals surface area contributed by atoms with E-state index in [9.17, 15) is 9.59 Å². The van der Waals surface area contributed by atoms with Gasteiger partial charge in [-0.2, -0.15) is 0 Å². The van der Waals surface area contributed by atoms with Gasteiger partial charge in [-0.25, -0.2) is 0 Å². The number of hydrogen-bond acceptors (Lipinski definition) is 5. The van der Waals surface area contributed by atoms with Crippen molar-refractivity contribution in [2.24, 2.45) is 0 Å². The number of carbonyl (C=O) groups excluding carboxylic acids is 2. The molecule has 100 valence electrons. The Balaban J connectivity index is 2.25. The Bertz CT molecular complexity index is 531. The van der Waals surface area contributed by atoms with E-state index < -0.39 is 0 Å². The second-order valence-corrected chi connectivity index (χ2v) is 4.83. The number of benzene rings is 1. The first kappa shape index (κ1) is 13.5. The molecule has 0 bridgehead atoms. The number of thioether (sulfide) groups is 1. The predicted octanol–water partition coefficient (Wildman–Crippen LogP) is 1.59. The van der Waals surface area contributed by atoms with Crippen molar-refractivity contribution < 1.29 is 19.1 Å². The number of ether oxygens (including phenoxy) is 2. The van der Waals surface area contributed by atoms with Crippen LogP contribution < -0.4 is 14.8 Å². The molecule has 19 heavy (non-hydrogen) atoms. The van der Waals surface area contributed by atoms with Crippen LogP contribution in [0, 0.1) is 0 Å². The highest BCUT2D eigenvalue weighted by molar-refractivity contribution is 8.04. The van der Waals surface area contributed by atoms with E-state index in [0.29, 0.717) is 27.8 Å². The predicted molar refractivity (Wildman–Crippen MR) is 72.6 cm³/mol. The van der Waals surface area contributed by atoms with Crippen LogP contribution in [0.15, 0.2) is 29.3 Å². The second-order valence-electron chi connectivity index (χ2n) is 3.81. The smallest absolute Gasteiger partial charge is 0.235 e. The molecule has 0 radical (unpaired) electrons. The average Bonchev–Trinajstić information content (AvgIpc) is 2.83. The number of amides is 1. The third-order valence-electron chi connectivity index (χ3n) is 2.52. The minimum atomic E-state index is -0.207. The molecule has 1 aliphatic heterocycles. The summed E-state index contributed by atoms with van der Waals surface area (Å²) in [5.74, 6) is 1.14. The lowest BCUT2D eigenvalue weighted by Gasteiger charge is -2.06. The minimum Gasteiger partial charge on any atom is -0.497 e. The molecular weight excluding hydrogens is 266 g/mol. The number of rotatable bonds is 4. The molecule has 2 rings (SSSR count). The van der Waals surface area contributed by atoms with E-state index in [2.05, 4.69) is 5.32 Å². The lowest BCUT2D eigenvalue weighted by Crippen LogP contribution is -2.14. The van der Waals surface area contributed by atoms with Crippen molar-refractivity contribution in [1.82, 2.24) is 5.32 Å². The summed E-state index contributed by atoms with van der Waals surface area (Å²) in [5, 5.41) is 3.18. The van der Waals surface area contributed by atoms with Crippen LogP contribution in [0.3, 0.4) is 0 Å². The van der Waals surface area contributed by atoms with Crippen LogP contribution in [0.2, 0.25) is 0 Å². The van der Waals surface area contributed by atoms with Gasteiger partial charge in [-0.3, -0.25) is 9.59 Å². The van der Waals surface area contributed by atoms with Gasteiger partial charge in [0, 0.05) is 17.7 Å². The molecule has 6 heteroatoms. The molecule has 1 amide bonds. The summed E-state index contributed by atoms with van der Waals surface area (Å²) in [6.07, 6.45) is 1.41. The zero-order valence-electron chi connectivity index (χ0n) is 10.6. The molecule has 0 aliphatic carbocycles. The maximum Gasteiger partial charge on any atom is 0.235 e. The Morgan fingerprint density at radius 1 is 1.26 bits per heavy atom. The molecule has 0 unspecified atom stereocenters. The second kappa shape index (κ2) is 5.79. The Hall–Kier alpha value is -1.95. The van der Waals surface area contributed by atoms with Gasteiger partial charge in [0.05, 0.1) is 25.0 Å². The molecule has 0 spiro atoms. The number of carbonyl (C=O) groups is 2. The molecule has 1 heterocycles. The third-order valence-corrected chi connectivity index (χ3v) is 3.46. The first-order valence-electron chi connectivity index (χ1n) is 5.54. The molecule has 1 fully saturated rings. The third kappa shape index (κ3) is 3.29. The SMILES string of the molecule is COc1cc(OC)cc(C(=O)C=C2NC(=O)CS2)c1. The van der Waals surface area contributed by atoms with Crippen LogP contribution in [0.1, 0.15) is 10.4 Å². The Labute approximate surface area is 115 Å². The summed E-state index contributed by atoms with van der Waals surface area (Å²) in [5.41, 5.74) is 0.449. The van der Waals surface area contributed by atoms with E-state index in [4.69, 9.17) is 9.47 Å². The van der Waals surface area contributed by atoms with E-state index in [0.717, 1.165) is 0 Å². The summed E-state index contributed by atoms with van der Waals surface area (Å²) in [4.78, 5) is 23.1. The van der Waals surface area contributed by atoms with Crippen LogP contribution in [0.25, 0.3) is 0 Å². The standard InChI is InChI=1S/C13H13NO4S/c1-17-9-3-8(4-10(5-9)18-2)11(15)6-13-14-12(16)7-19-13/h3-6H,7H2,1-2H3,(H,14,16). The van der Waals surface area contributed by atoms with Gasteiger partial charge in [0.15, 0.2) is 5.78 Å². The van der Waals surface area contributed by atoms with Crippen LogP contribution in [0.4, 0.5) is 0 Å². The van der Waals surface area contributed by atoms with Gasteiger partial charge in [-0.15, -0.1) is 0 Å². The van der Waals surface area contributed by atoms with Crippen LogP contribution >= 0.6 is 11.8 Å². The molecule has 1 aromatic rings. The number of nitrogens with one attached hydrogen (secondary N) is 1. The molecule has 0 atom stereocenters. The topological polar surface area (TPSA) is 64.6 Å². The largest absolute Gasteiger partial charge is 0.497 e. The van der Waals surface area contributed by atoms with E-state index in [1.165, 1.54) is 32.1 Å². The van der Waals surface area contributed by atoms with Gasteiger partial charge in [0.2, 0.25) is 5.91 Å². The normalized spacial score (nSPS) is 16.3. The van der Waals surface area contributed by atoms with Crippen molar-refractivity contribution in [2.75, 3.05) is 20.0 Å². The fourth-order valence-corrected chi connectivity index (χ4v) is 2.32. The number of hydrogen-bond donors (Lipinski definition) is 1. The number of ketones is 1. The van der Waals surface area contributed by atoms with Gasteiger partial charge in [0.1, 0.15) is 11.5 Å². The highest BCUT2D eigenvalue weighted by atomic mass is 32.2. The highest BCUT2D eigenvalue weighted by Gasteiger charge is 2.17. The van der Waals surface area contributed by atoms with E-state index in [1.807, 2.05) is 0 Å². The first-order valence-corrected chi connectivity index (χ1v) is 6.52. The average molecular weight is 279 g/mol. The molecule has 1 aliphatic rings. The van der Waals surface area contributed by atoms with Gasteiger partial charge in [-0.05, 0) is 12.1 Å². The fraction of sp³-hybridized carbons (Fsp3) is 0.231. The lowest BCUT2D eigenvalue weighted by molar-refractivity contribution is -0.117. The summed E-state index contributed by atoms with van der Waals surface area (Å²) >= 11 is 1.31. The van der Waals surface area contributed by atoms with Crippen molar-refractivity contribution in [2.45, 2.75) is 0 Å². The Morgan fingerprint density at radius 2 is 1.89 bits per heavy atom. The summed E-state index contributed by atoms with van der Waals surface area (Å²) in [6.45, 7) is 0. The van der Waals surface area contributed by atoms with Crippen molar-refractivity contribution in [3.8, 4) is 11.5 Å². The Kier molecular flexibility index (Phi) is 4.11. The van der Waals surface area contributed by atoms with Crippen LogP contribution in [-0.4, -0.2) is 31.7 Å². The fourth-order valence-electron chi connectivity index (χ4n) is 1.58. The number of allylic oxidation sites excluding steroid dienone is 1. The maximum atomic E-state index is 12.1. The highest BCUT2D eigenvalue weighted by Crippen LogP contribution is 2.24. The lowest BCUT2D eigenvalue weighted by atomic mass is 10.1. The summed E-state index contributed by atoms with van der Waals surface area (Å²) in [7, 11) is 3.04.